The molecule has 0 aromatic heterocycles. The molecule has 9 heteroatoms. The summed E-state index contributed by atoms with van der Waals surface area (Å²) in [6.07, 6.45) is 2.21. The van der Waals surface area contributed by atoms with Crippen LogP contribution in [0.2, 0.25) is 0 Å². The van der Waals surface area contributed by atoms with E-state index >= 15 is 0 Å². The zero-order valence-corrected chi connectivity index (χ0v) is 21.0. The van der Waals surface area contributed by atoms with E-state index in [0.29, 0.717) is 38.4 Å². The van der Waals surface area contributed by atoms with Crippen molar-refractivity contribution in [3.8, 4) is 0 Å². The number of hydrogen-bond acceptors (Lipinski definition) is 4. The Morgan fingerprint density at radius 2 is 1.81 bits per heavy atom. The van der Waals surface area contributed by atoms with Gasteiger partial charge in [-0.15, -0.1) is 0 Å². The average molecular weight is 504 g/mol. The van der Waals surface area contributed by atoms with Gasteiger partial charge in [0.15, 0.2) is 11.6 Å². The number of benzene rings is 2. The molecule has 1 unspecified atom stereocenters. The van der Waals surface area contributed by atoms with Crippen molar-refractivity contribution in [1.29, 1.82) is 0 Å². The number of amides is 3. The first kappa shape index (κ1) is 28.9. The quantitative estimate of drug-likeness (QED) is 0.354. The minimum absolute atomic E-state index is 0.0470. The number of halogens is 2. The highest BCUT2D eigenvalue weighted by atomic mass is 19.2. The van der Waals surface area contributed by atoms with Gasteiger partial charge in [0.05, 0.1) is 5.41 Å². The minimum atomic E-state index is -1.01. The smallest absolute Gasteiger partial charge is 0.251 e. The molecule has 1 atom stereocenters. The summed E-state index contributed by atoms with van der Waals surface area (Å²) >= 11 is 0. The van der Waals surface area contributed by atoms with Crippen LogP contribution in [0.1, 0.15) is 56.0 Å². The van der Waals surface area contributed by atoms with E-state index in [0.717, 1.165) is 18.6 Å². The summed E-state index contributed by atoms with van der Waals surface area (Å²) in [5.41, 5.74) is 2.33. The van der Waals surface area contributed by atoms with E-state index < -0.39 is 28.9 Å². The number of carbonyl (C=O) groups is 3. The lowest BCUT2D eigenvalue weighted by Crippen LogP contribution is -2.40. The van der Waals surface area contributed by atoms with Crippen LogP contribution in [0.3, 0.4) is 0 Å². The normalized spacial score (nSPS) is 17.0. The molecule has 196 valence electrons. The molecular formula is C27H35F2N3O4. The van der Waals surface area contributed by atoms with Gasteiger partial charge in [-0.3, -0.25) is 19.6 Å². The fraction of sp³-hybridized carbons (Fsp3) is 0.444. The highest BCUT2D eigenvalue weighted by molar-refractivity contribution is 5.94. The molecule has 2 aromatic carbocycles. The lowest BCUT2D eigenvalue weighted by molar-refractivity contribution is -0.143. The van der Waals surface area contributed by atoms with E-state index in [9.17, 15) is 23.2 Å². The van der Waals surface area contributed by atoms with Crippen LogP contribution in [0.25, 0.3) is 0 Å². The summed E-state index contributed by atoms with van der Waals surface area (Å²) in [4.78, 5) is 37.5. The molecule has 0 radical (unpaired) electrons. The maximum atomic E-state index is 12.9. The second kappa shape index (κ2) is 13.7. The summed E-state index contributed by atoms with van der Waals surface area (Å²) in [6.45, 7) is 7.66. The predicted molar refractivity (Wildman–Crippen MR) is 132 cm³/mol. The third-order valence-electron chi connectivity index (χ3n) is 6.06. The Balaban J connectivity index is 0.000000297. The van der Waals surface area contributed by atoms with Crippen molar-refractivity contribution < 1.29 is 28.4 Å². The number of carbonyl (C=O) groups excluding carboxylic acids is 3. The lowest BCUT2D eigenvalue weighted by Gasteiger charge is -2.28. The van der Waals surface area contributed by atoms with E-state index in [1.54, 1.807) is 12.4 Å². The topological polar surface area (TPSA) is 98.7 Å². The van der Waals surface area contributed by atoms with Crippen LogP contribution in [-0.2, 0) is 16.0 Å². The Labute approximate surface area is 210 Å². The molecule has 36 heavy (non-hydrogen) atoms. The van der Waals surface area contributed by atoms with Crippen molar-refractivity contribution in [2.45, 2.75) is 46.5 Å². The fourth-order valence-corrected chi connectivity index (χ4v) is 4.47. The van der Waals surface area contributed by atoms with E-state index in [1.807, 2.05) is 23.1 Å². The number of nitrogens with one attached hydrogen (secondary N) is 2. The molecule has 1 fully saturated rings. The van der Waals surface area contributed by atoms with Crippen LogP contribution in [0.5, 0.6) is 0 Å². The van der Waals surface area contributed by atoms with Crippen LogP contribution in [0.4, 0.5) is 8.78 Å². The van der Waals surface area contributed by atoms with Crippen LogP contribution >= 0.6 is 0 Å². The van der Waals surface area contributed by atoms with E-state index in [1.165, 1.54) is 11.6 Å². The number of hydroxylamine groups is 1. The summed E-state index contributed by atoms with van der Waals surface area (Å²) in [5.74, 6) is -2.48. The van der Waals surface area contributed by atoms with Crippen LogP contribution in [0.15, 0.2) is 48.5 Å². The van der Waals surface area contributed by atoms with E-state index in [2.05, 4.69) is 31.3 Å². The molecule has 1 heterocycles. The Morgan fingerprint density at radius 3 is 2.39 bits per heavy atom. The molecule has 1 aliphatic heterocycles. The molecule has 7 nitrogen and oxygen atoms in total. The van der Waals surface area contributed by atoms with Gasteiger partial charge in [0.2, 0.25) is 11.8 Å². The third-order valence-corrected chi connectivity index (χ3v) is 6.06. The Hall–Kier alpha value is -3.33. The maximum Gasteiger partial charge on any atom is 0.251 e. The molecule has 0 bridgehead atoms. The average Bonchev–Trinajstić information content (AvgIpc) is 3.14. The monoisotopic (exact) mass is 503 g/mol. The van der Waals surface area contributed by atoms with Crippen molar-refractivity contribution in [1.82, 2.24) is 15.7 Å². The van der Waals surface area contributed by atoms with Gasteiger partial charge in [0.1, 0.15) is 0 Å². The molecule has 2 aromatic rings. The van der Waals surface area contributed by atoms with Crippen molar-refractivity contribution in [3.05, 3.63) is 71.3 Å². The van der Waals surface area contributed by atoms with Gasteiger partial charge >= 0.3 is 0 Å². The van der Waals surface area contributed by atoms with Crippen molar-refractivity contribution in [2.75, 3.05) is 19.6 Å². The third kappa shape index (κ3) is 8.12. The highest BCUT2D eigenvalue weighted by Gasteiger charge is 2.47. The fourth-order valence-electron chi connectivity index (χ4n) is 4.47. The van der Waals surface area contributed by atoms with Crippen LogP contribution in [-0.4, -0.2) is 47.5 Å². The minimum Gasteiger partial charge on any atom is -0.352 e. The second-order valence-corrected chi connectivity index (χ2v) is 9.36. The first-order chi connectivity index (χ1) is 17.1. The van der Waals surface area contributed by atoms with Gasteiger partial charge in [0, 0.05) is 31.6 Å². The second-order valence-electron chi connectivity index (χ2n) is 9.36. The zero-order chi connectivity index (χ0) is 26.7. The number of nitrogens with zero attached hydrogens (tertiary/aromatic N) is 1. The van der Waals surface area contributed by atoms with Crippen molar-refractivity contribution >= 4 is 17.7 Å². The SMILES string of the molecule is CC(C)CC1(CC(=O)NO)CCN(CCc2ccccc2)C1=O.CCNC(=O)c1ccc(F)c(F)c1. The molecule has 3 amide bonds. The number of hydrogen-bond donors (Lipinski definition) is 3. The number of rotatable bonds is 9. The van der Waals surface area contributed by atoms with Gasteiger partial charge in [-0.1, -0.05) is 44.2 Å². The van der Waals surface area contributed by atoms with Crippen LogP contribution in [0, 0.1) is 23.0 Å². The standard InChI is InChI=1S/C18H26N2O3.C9H9F2NO/c1-14(2)12-18(13-16(21)19-23)9-11-20(17(18)22)10-8-15-6-4-3-5-7-15;1-2-12-9(13)6-3-4-7(10)8(11)5-6/h3-7,14,23H,8-13H2,1-2H3,(H,19,21);3-5H,2H2,1H3,(H,12,13). The Kier molecular flexibility index (Phi) is 11.0. The molecule has 1 saturated heterocycles. The van der Waals surface area contributed by atoms with E-state index in [4.69, 9.17) is 5.21 Å². The maximum absolute atomic E-state index is 12.9. The summed E-state index contributed by atoms with van der Waals surface area (Å²) in [7, 11) is 0. The van der Waals surface area contributed by atoms with Crippen LogP contribution < -0.4 is 10.8 Å². The summed E-state index contributed by atoms with van der Waals surface area (Å²) < 4.78 is 25.1. The van der Waals surface area contributed by atoms with Gasteiger partial charge < -0.3 is 10.2 Å². The van der Waals surface area contributed by atoms with Gasteiger partial charge in [-0.05, 0) is 55.9 Å². The molecule has 0 spiro atoms. The van der Waals surface area contributed by atoms with E-state index in [-0.39, 0.29) is 17.9 Å². The largest absolute Gasteiger partial charge is 0.352 e. The van der Waals surface area contributed by atoms with Crippen molar-refractivity contribution in [2.24, 2.45) is 11.3 Å². The molecule has 1 aliphatic rings. The number of likely N-dealkylation sites (tertiary alicyclic amines) is 1. The zero-order valence-electron chi connectivity index (χ0n) is 21.0. The molecule has 3 N–H and O–H groups in total. The van der Waals surface area contributed by atoms with Crippen molar-refractivity contribution in [3.63, 3.8) is 0 Å². The van der Waals surface area contributed by atoms with Gasteiger partial charge in [-0.2, -0.15) is 0 Å². The molecule has 0 saturated carbocycles. The van der Waals surface area contributed by atoms with Gasteiger partial charge in [0.25, 0.3) is 5.91 Å². The Morgan fingerprint density at radius 1 is 1.11 bits per heavy atom. The molecule has 0 aliphatic carbocycles. The molecular weight excluding hydrogens is 468 g/mol. The summed E-state index contributed by atoms with van der Waals surface area (Å²) in [6, 6.07) is 13.1. The summed E-state index contributed by atoms with van der Waals surface area (Å²) in [5, 5.41) is 11.3. The predicted octanol–water partition coefficient (Wildman–Crippen LogP) is 4.10. The first-order valence-electron chi connectivity index (χ1n) is 12.1. The lowest BCUT2D eigenvalue weighted by atomic mass is 9.76. The first-order valence-corrected chi connectivity index (χ1v) is 12.1. The molecule has 3 rings (SSSR count). The highest BCUT2D eigenvalue weighted by Crippen LogP contribution is 2.41. The van der Waals surface area contributed by atoms with Gasteiger partial charge in [-0.25, -0.2) is 14.3 Å². The Bertz CT molecular complexity index is 1030.